The molecule has 1 unspecified atom stereocenters. The highest BCUT2D eigenvalue weighted by molar-refractivity contribution is 5.79. The third-order valence-corrected chi connectivity index (χ3v) is 3.62. The van der Waals surface area contributed by atoms with Crippen molar-refractivity contribution in [3.05, 3.63) is 71.8 Å². The number of carbonyl (C=O) groups is 2. The van der Waals surface area contributed by atoms with E-state index in [0.717, 1.165) is 17.5 Å². The molecule has 23 heavy (non-hydrogen) atoms. The van der Waals surface area contributed by atoms with Crippen LogP contribution in [0.15, 0.2) is 60.7 Å². The van der Waals surface area contributed by atoms with Crippen molar-refractivity contribution in [3.8, 4) is 0 Å². The second kappa shape index (κ2) is 8.73. The predicted octanol–water partition coefficient (Wildman–Crippen LogP) is 2.82. The van der Waals surface area contributed by atoms with Gasteiger partial charge < -0.3 is 10.4 Å². The minimum Gasteiger partial charge on any atom is -0.481 e. The molecule has 2 aromatic rings. The van der Waals surface area contributed by atoms with Crippen LogP contribution in [-0.2, 0) is 22.4 Å². The van der Waals surface area contributed by atoms with E-state index in [9.17, 15) is 9.59 Å². The molecule has 0 aliphatic rings. The van der Waals surface area contributed by atoms with E-state index in [4.69, 9.17) is 5.11 Å². The fourth-order valence-corrected chi connectivity index (χ4v) is 2.48. The van der Waals surface area contributed by atoms with Gasteiger partial charge in [-0.25, -0.2) is 0 Å². The first-order valence-electron chi connectivity index (χ1n) is 7.72. The van der Waals surface area contributed by atoms with Crippen LogP contribution in [0.4, 0.5) is 0 Å². The largest absolute Gasteiger partial charge is 0.481 e. The number of nitrogens with one attached hydrogen (secondary N) is 1. The van der Waals surface area contributed by atoms with Crippen molar-refractivity contribution in [1.82, 2.24) is 5.32 Å². The second-order valence-corrected chi connectivity index (χ2v) is 5.55. The third kappa shape index (κ3) is 6.34. The summed E-state index contributed by atoms with van der Waals surface area (Å²) in [6.45, 7) is 0. The van der Waals surface area contributed by atoms with Gasteiger partial charge in [0.25, 0.3) is 0 Å². The molecule has 4 heteroatoms. The highest BCUT2D eigenvalue weighted by Crippen LogP contribution is 2.08. The molecule has 0 radical (unpaired) electrons. The Labute approximate surface area is 136 Å². The summed E-state index contributed by atoms with van der Waals surface area (Å²) in [7, 11) is 0. The maximum Gasteiger partial charge on any atom is 0.305 e. The predicted molar refractivity (Wildman–Crippen MR) is 89.1 cm³/mol. The van der Waals surface area contributed by atoms with Crippen LogP contribution < -0.4 is 5.32 Å². The Morgan fingerprint density at radius 3 is 2.04 bits per heavy atom. The molecule has 0 fully saturated rings. The molecule has 0 saturated carbocycles. The lowest BCUT2D eigenvalue weighted by molar-refractivity contribution is -0.137. The van der Waals surface area contributed by atoms with Crippen molar-refractivity contribution in [2.45, 2.75) is 31.7 Å². The molecule has 0 heterocycles. The lowest BCUT2D eigenvalue weighted by Gasteiger charge is -2.17. The van der Waals surface area contributed by atoms with Gasteiger partial charge in [0.05, 0.1) is 12.8 Å². The standard InChI is InChI=1S/C19H21NO3/c21-18(13-16-9-5-2-6-10-16)20-17(14-19(22)23)12-11-15-7-3-1-4-8-15/h1-10,17H,11-14H2,(H,20,21)(H,22,23). The molecule has 2 N–H and O–H groups in total. The summed E-state index contributed by atoms with van der Waals surface area (Å²) in [6, 6.07) is 18.9. The van der Waals surface area contributed by atoms with Crippen LogP contribution in [0, 0.1) is 0 Å². The van der Waals surface area contributed by atoms with Crippen LogP contribution in [0.1, 0.15) is 24.0 Å². The minimum atomic E-state index is -0.900. The topological polar surface area (TPSA) is 66.4 Å². The number of aliphatic carboxylic acids is 1. The first-order chi connectivity index (χ1) is 11.1. The molecule has 1 atom stereocenters. The summed E-state index contributed by atoms with van der Waals surface area (Å²) in [5.41, 5.74) is 2.06. The number of hydrogen-bond donors (Lipinski definition) is 2. The van der Waals surface area contributed by atoms with Crippen molar-refractivity contribution >= 4 is 11.9 Å². The van der Waals surface area contributed by atoms with Gasteiger partial charge in [-0.3, -0.25) is 9.59 Å². The Kier molecular flexibility index (Phi) is 6.36. The summed E-state index contributed by atoms with van der Waals surface area (Å²) in [6.07, 6.45) is 1.55. The summed E-state index contributed by atoms with van der Waals surface area (Å²) in [5.74, 6) is -1.04. The van der Waals surface area contributed by atoms with Gasteiger partial charge in [-0.15, -0.1) is 0 Å². The molecule has 0 saturated heterocycles. The van der Waals surface area contributed by atoms with Gasteiger partial charge in [0.1, 0.15) is 0 Å². The third-order valence-electron chi connectivity index (χ3n) is 3.62. The lowest BCUT2D eigenvalue weighted by Crippen LogP contribution is -2.37. The van der Waals surface area contributed by atoms with Gasteiger partial charge in [-0.1, -0.05) is 60.7 Å². The lowest BCUT2D eigenvalue weighted by atomic mass is 10.0. The Bertz CT molecular complexity index is 626. The van der Waals surface area contributed by atoms with Gasteiger partial charge in [0.2, 0.25) is 5.91 Å². The molecule has 120 valence electrons. The van der Waals surface area contributed by atoms with Gasteiger partial charge in [0, 0.05) is 6.04 Å². The second-order valence-electron chi connectivity index (χ2n) is 5.55. The molecule has 0 bridgehead atoms. The zero-order valence-corrected chi connectivity index (χ0v) is 12.9. The van der Waals surface area contributed by atoms with E-state index in [1.807, 2.05) is 60.7 Å². The van der Waals surface area contributed by atoms with E-state index in [-0.39, 0.29) is 24.8 Å². The number of carbonyl (C=O) groups excluding carboxylic acids is 1. The van der Waals surface area contributed by atoms with Gasteiger partial charge in [0.15, 0.2) is 0 Å². The number of hydrogen-bond acceptors (Lipinski definition) is 2. The fourth-order valence-electron chi connectivity index (χ4n) is 2.48. The molecule has 4 nitrogen and oxygen atoms in total. The molecule has 2 rings (SSSR count). The number of benzene rings is 2. The van der Waals surface area contributed by atoms with Crippen molar-refractivity contribution in [3.63, 3.8) is 0 Å². The zero-order chi connectivity index (χ0) is 16.5. The maximum absolute atomic E-state index is 12.1. The maximum atomic E-state index is 12.1. The first kappa shape index (κ1) is 16.7. The van der Waals surface area contributed by atoms with Crippen molar-refractivity contribution < 1.29 is 14.7 Å². The molecular formula is C19H21NO3. The smallest absolute Gasteiger partial charge is 0.305 e. The van der Waals surface area contributed by atoms with E-state index in [2.05, 4.69) is 5.32 Å². The Hall–Kier alpha value is -2.62. The normalized spacial score (nSPS) is 11.7. The van der Waals surface area contributed by atoms with Gasteiger partial charge >= 0.3 is 5.97 Å². The van der Waals surface area contributed by atoms with E-state index in [1.54, 1.807) is 0 Å². The highest BCUT2D eigenvalue weighted by Gasteiger charge is 2.16. The monoisotopic (exact) mass is 311 g/mol. The molecule has 0 aliphatic heterocycles. The summed E-state index contributed by atoms with van der Waals surface area (Å²) >= 11 is 0. The number of carboxylic acids is 1. The Morgan fingerprint density at radius 2 is 1.48 bits per heavy atom. The quantitative estimate of drug-likeness (QED) is 0.788. The summed E-state index contributed by atoms with van der Waals surface area (Å²) in [4.78, 5) is 23.1. The highest BCUT2D eigenvalue weighted by atomic mass is 16.4. The average Bonchev–Trinajstić information content (AvgIpc) is 2.54. The zero-order valence-electron chi connectivity index (χ0n) is 12.9. The fraction of sp³-hybridized carbons (Fsp3) is 0.263. The summed E-state index contributed by atoms with van der Waals surface area (Å²) in [5, 5.41) is 11.9. The first-order valence-corrected chi connectivity index (χ1v) is 7.72. The van der Waals surface area contributed by atoms with Gasteiger partial charge in [-0.05, 0) is 24.0 Å². The molecular weight excluding hydrogens is 290 g/mol. The van der Waals surface area contributed by atoms with Crippen LogP contribution in [0.25, 0.3) is 0 Å². The van der Waals surface area contributed by atoms with E-state index < -0.39 is 5.97 Å². The molecule has 0 spiro atoms. The molecule has 0 aromatic heterocycles. The molecule has 1 amide bonds. The minimum absolute atomic E-state index is 0.0621. The Balaban J connectivity index is 1.89. The van der Waals surface area contributed by atoms with Crippen molar-refractivity contribution in [2.24, 2.45) is 0 Å². The van der Waals surface area contributed by atoms with Crippen LogP contribution in [0.5, 0.6) is 0 Å². The van der Waals surface area contributed by atoms with Crippen LogP contribution in [0.2, 0.25) is 0 Å². The SMILES string of the molecule is O=C(O)CC(CCc1ccccc1)NC(=O)Cc1ccccc1. The van der Waals surface area contributed by atoms with E-state index >= 15 is 0 Å². The molecule has 0 aliphatic carbocycles. The number of aryl methyl sites for hydroxylation is 1. The van der Waals surface area contributed by atoms with Crippen LogP contribution >= 0.6 is 0 Å². The van der Waals surface area contributed by atoms with Crippen LogP contribution in [0.3, 0.4) is 0 Å². The average molecular weight is 311 g/mol. The van der Waals surface area contributed by atoms with E-state index in [1.165, 1.54) is 0 Å². The molecule has 2 aromatic carbocycles. The van der Waals surface area contributed by atoms with E-state index in [0.29, 0.717) is 6.42 Å². The van der Waals surface area contributed by atoms with Crippen molar-refractivity contribution in [1.29, 1.82) is 0 Å². The van der Waals surface area contributed by atoms with Crippen LogP contribution in [-0.4, -0.2) is 23.0 Å². The van der Waals surface area contributed by atoms with Crippen molar-refractivity contribution in [2.75, 3.05) is 0 Å². The number of rotatable bonds is 8. The summed E-state index contributed by atoms with van der Waals surface area (Å²) < 4.78 is 0. The number of carboxylic acid groups (broad SMARTS) is 1. The van der Waals surface area contributed by atoms with Gasteiger partial charge in [-0.2, -0.15) is 0 Å². The Morgan fingerprint density at radius 1 is 0.913 bits per heavy atom. The number of amides is 1.